The minimum absolute atomic E-state index is 0.541. The summed E-state index contributed by atoms with van der Waals surface area (Å²) in [7, 11) is 0. The van der Waals surface area contributed by atoms with Crippen LogP contribution in [-0.4, -0.2) is 5.11 Å². The van der Waals surface area contributed by atoms with E-state index in [1.165, 1.54) is 5.39 Å². The Kier molecular flexibility index (Phi) is 5.01. The Labute approximate surface area is 150 Å². The van der Waals surface area contributed by atoms with E-state index >= 15 is 0 Å². The fraction of sp³-hybridized carbons (Fsp3) is 0.0556. The fourth-order valence-electron chi connectivity index (χ4n) is 2.33. The lowest BCUT2D eigenvalue weighted by Gasteiger charge is -2.13. The minimum Gasteiger partial charge on any atom is -0.358 e. The first kappa shape index (κ1) is 16.1. The fourth-order valence-corrected chi connectivity index (χ4v) is 2.84. The molecule has 0 aliphatic rings. The van der Waals surface area contributed by atoms with Crippen LogP contribution in [0.4, 0.5) is 5.69 Å². The number of hydrogen-bond acceptors (Lipinski definition) is 1. The Bertz CT molecular complexity index is 859. The van der Waals surface area contributed by atoms with E-state index in [2.05, 4.69) is 28.8 Å². The highest BCUT2D eigenvalue weighted by atomic mass is 35.5. The summed E-state index contributed by atoms with van der Waals surface area (Å²) >= 11 is 17.3. The molecule has 0 radical (unpaired) electrons. The van der Waals surface area contributed by atoms with E-state index in [1.54, 1.807) is 6.07 Å². The van der Waals surface area contributed by atoms with E-state index in [1.807, 2.05) is 36.4 Å². The molecule has 0 aromatic heterocycles. The number of anilines is 1. The van der Waals surface area contributed by atoms with E-state index in [4.69, 9.17) is 35.4 Å². The van der Waals surface area contributed by atoms with Gasteiger partial charge in [-0.1, -0.05) is 65.7 Å². The van der Waals surface area contributed by atoms with Gasteiger partial charge in [-0.3, -0.25) is 0 Å². The second-order valence-corrected chi connectivity index (χ2v) is 6.31. The summed E-state index contributed by atoms with van der Waals surface area (Å²) in [5.74, 6) is 0. The quantitative estimate of drug-likeness (QED) is 0.591. The van der Waals surface area contributed by atoms with Crippen LogP contribution in [0.2, 0.25) is 10.0 Å². The molecule has 0 fully saturated rings. The zero-order valence-electron chi connectivity index (χ0n) is 12.1. The second-order valence-electron chi connectivity index (χ2n) is 5.08. The van der Waals surface area contributed by atoms with Crippen molar-refractivity contribution in [1.82, 2.24) is 5.32 Å². The normalized spacial score (nSPS) is 10.5. The molecule has 0 spiro atoms. The summed E-state index contributed by atoms with van der Waals surface area (Å²) in [6.45, 7) is 0.577. The van der Waals surface area contributed by atoms with Crippen molar-refractivity contribution in [1.29, 1.82) is 0 Å². The molecular formula is C18H14Cl2N2S. The maximum Gasteiger partial charge on any atom is 0.171 e. The van der Waals surface area contributed by atoms with Crippen molar-refractivity contribution in [3.05, 3.63) is 76.3 Å². The molecule has 3 aromatic rings. The summed E-state index contributed by atoms with van der Waals surface area (Å²) in [6.07, 6.45) is 0. The third-order valence-electron chi connectivity index (χ3n) is 3.47. The van der Waals surface area contributed by atoms with Gasteiger partial charge in [0.05, 0.1) is 10.0 Å². The van der Waals surface area contributed by atoms with Gasteiger partial charge in [0.2, 0.25) is 0 Å². The van der Waals surface area contributed by atoms with Crippen LogP contribution in [0.5, 0.6) is 0 Å². The SMILES string of the molecule is S=C(NCc1ccc(Cl)c(Cl)c1)Nc1cccc2ccccc12. The molecule has 0 unspecified atom stereocenters. The molecule has 0 amide bonds. The van der Waals surface area contributed by atoms with Crippen LogP contribution in [0.3, 0.4) is 0 Å². The maximum absolute atomic E-state index is 6.02. The minimum atomic E-state index is 0.541. The molecule has 0 saturated carbocycles. The van der Waals surface area contributed by atoms with Crippen LogP contribution < -0.4 is 10.6 Å². The lowest BCUT2D eigenvalue weighted by molar-refractivity contribution is 0.926. The smallest absolute Gasteiger partial charge is 0.171 e. The van der Waals surface area contributed by atoms with E-state index in [0.29, 0.717) is 21.7 Å². The molecule has 0 atom stereocenters. The summed E-state index contributed by atoms with van der Waals surface area (Å²) in [5, 5.41) is 10.4. The van der Waals surface area contributed by atoms with Gasteiger partial charge in [0.15, 0.2) is 5.11 Å². The molecule has 5 heteroatoms. The average Bonchev–Trinajstić information content (AvgIpc) is 2.56. The first-order valence-corrected chi connectivity index (χ1v) is 8.26. The van der Waals surface area contributed by atoms with Crippen molar-refractivity contribution in [2.24, 2.45) is 0 Å². The molecule has 0 aliphatic heterocycles. The van der Waals surface area contributed by atoms with Gasteiger partial charge in [-0.15, -0.1) is 0 Å². The summed E-state index contributed by atoms with van der Waals surface area (Å²) in [5.41, 5.74) is 2.00. The molecular weight excluding hydrogens is 347 g/mol. The molecule has 3 aromatic carbocycles. The van der Waals surface area contributed by atoms with Gasteiger partial charge in [-0.05, 0) is 41.4 Å². The van der Waals surface area contributed by atoms with Crippen LogP contribution in [0.1, 0.15) is 5.56 Å². The van der Waals surface area contributed by atoms with E-state index in [0.717, 1.165) is 16.6 Å². The van der Waals surface area contributed by atoms with Crippen molar-refractivity contribution < 1.29 is 0 Å². The van der Waals surface area contributed by atoms with Crippen molar-refractivity contribution in [3.8, 4) is 0 Å². The first-order chi connectivity index (χ1) is 11.1. The maximum atomic E-state index is 6.02. The lowest BCUT2D eigenvalue weighted by atomic mass is 10.1. The van der Waals surface area contributed by atoms with Crippen LogP contribution in [0.15, 0.2) is 60.7 Å². The number of halogens is 2. The van der Waals surface area contributed by atoms with Crippen molar-refractivity contribution in [2.45, 2.75) is 6.54 Å². The van der Waals surface area contributed by atoms with Gasteiger partial charge in [0, 0.05) is 17.6 Å². The predicted molar refractivity (Wildman–Crippen MR) is 103 cm³/mol. The van der Waals surface area contributed by atoms with Crippen LogP contribution in [0.25, 0.3) is 10.8 Å². The highest BCUT2D eigenvalue weighted by Gasteiger charge is 2.04. The number of thiocarbonyl (C=S) groups is 1. The highest BCUT2D eigenvalue weighted by Crippen LogP contribution is 2.24. The van der Waals surface area contributed by atoms with Gasteiger partial charge in [0.25, 0.3) is 0 Å². The number of hydrogen-bond donors (Lipinski definition) is 2. The van der Waals surface area contributed by atoms with Gasteiger partial charge in [-0.2, -0.15) is 0 Å². The number of benzene rings is 3. The van der Waals surface area contributed by atoms with Gasteiger partial charge >= 0.3 is 0 Å². The molecule has 0 heterocycles. The van der Waals surface area contributed by atoms with Gasteiger partial charge in [0.1, 0.15) is 0 Å². The van der Waals surface area contributed by atoms with Crippen molar-refractivity contribution >= 4 is 57.0 Å². The number of rotatable bonds is 3. The van der Waals surface area contributed by atoms with E-state index in [9.17, 15) is 0 Å². The molecule has 2 nitrogen and oxygen atoms in total. The van der Waals surface area contributed by atoms with Gasteiger partial charge < -0.3 is 10.6 Å². The molecule has 116 valence electrons. The predicted octanol–water partition coefficient (Wildman–Crippen LogP) is 5.63. The summed E-state index contributed by atoms with van der Waals surface area (Å²) in [4.78, 5) is 0. The number of fused-ring (bicyclic) bond motifs is 1. The topological polar surface area (TPSA) is 24.1 Å². The zero-order valence-corrected chi connectivity index (χ0v) is 14.5. The molecule has 3 rings (SSSR count). The van der Waals surface area contributed by atoms with Crippen LogP contribution in [0, 0.1) is 0 Å². The Hall–Kier alpha value is -1.81. The zero-order chi connectivity index (χ0) is 16.2. The Balaban J connectivity index is 1.68. The molecule has 0 aliphatic carbocycles. The second kappa shape index (κ2) is 7.18. The largest absolute Gasteiger partial charge is 0.358 e. The third-order valence-corrected chi connectivity index (χ3v) is 4.46. The Morgan fingerprint density at radius 2 is 1.70 bits per heavy atom. The highest BCUT2D eigenvalue weighted by molar-refractivity contribution is 7.80. The van der Waals surface area contributed by atoms with Crippen molar-refractivity contribution in [2.75, 3.05) is 5.32 Å². The summed E-state index contributed by atoms with van der Waals surface area (Å²) in [6, 6.07) is 19.8. The Morgan fingerprint density at radius 3 is 2.52 bits per heavy atom. The van der Waals surface area contributed by atoms with E-state index in [-0.39, 0.29) is 0 Å². The van der Waals surface area contributed by atoms with Crippen molar-refractivity contribution in [3.63, 3.8) is 0 Å². The van der Waals surface area contributed by atoms with Gasteiger partial charge in [-0.25, -0.2) is 0 Å². The number of nitrogens with one attached hydrogen (secondary N) is 2. The molecule has 0 bridgehead atoms. The van der Waals surface area contributed by atoms with Crippen LogP contribution in [-0.2, 0) is 6.54 Å². The standard InChI is InChI=1S/C18H14Cl2N2S/c19-15-9-8-12(10-16(15)20)11-21-18(23)22-17-7-3-5-13-4-1-2-6-14(13)17/h1-10H,11H2,(H2,21,22,23). The molecule has 2 N–H and O–H groups in total. The Morgan fingerprint density at radius 1 is 0.913 bits per heavy atom. The molecule has 23 heavy (non-hydrogen) atoms. The third kappa shape index (κ3) is 3.94. The first-order valence-electron chi connectivity index (χ1n) is 7.10. The average molecular weight is 361 g/mol. The summed E-state index contributed by atoms with van der Waals surface area (Å²) < 4.78 is 0. The lowest BCUT2D eigenvalue weighted by Crippen LogP contribution is -2.27. The van der Waals surface area contributed by atoms with E-state index < -0.39 is 0 Å². The molecule has 0 saturated heterocycles. The van der Waals surface area contributed by atoms with Crippen LogP contribution >= 0.6 is 35.4 Å². The monoisotopic (exact) mass is 360 g/mol.